The molecule has 1 aliphatic rings. The molecule has 0 unspecified atom stereocenters. The zero-order valence-corrected chi connectivity index (χ0v) is 15.5. The number of nitrogens with zero attached hydrogens (tertiary/aromatic N) is 1. The maximum atomic E-state index is 13.1. The average Bonchev–Trinajstić information content (AvgIpc) is 2.99. The van der Waals surface area contributed by atoms with Crippen LogP contribution in [0.3, 0.4) is 0 Å². The van der Waals surface area contributed by atoms with E-state index < -0.39 is 11.8 Å². The monoisotopic (exact) mass is 369 g/mol. The van der Waals surface area contributed by atoms with Gasteiger partial charge < -0.3 is 0 Å². The number of carbonyl (C=O) groups excluding carboxylic acids is 2. The van der Waals surface area contributed by atoms with Gasteiger partial charge in [0, 0.05) is 0 Å². The summed E-state index contributed by atoms with van der Waals surface area (Å²) in [4.78, 5) is 31.8. The lowest BCUT2D eigenvalue weighted by Crippen LogP contribution is -2.31. The molecule has 0 atom stereocenters. The Morgan fingerprint density at radius 3 is 1.61 bits per heavy atom. The number of aryl methyl sites for hydroxylation is 1. The predicted molar refractivity (Wildman–Crippen MR) is 108 cm³/mol. The number of benzene rings is 3. The predicted octanol–water partition coefficient (Wildman–Crippen LogP) is 4.41. The SMILES string of the molecule is Cc1ccc(CON2C(=O)C(c3ccccc3)=C(c3ccccc3)C2=O)cc1. The summed E-state index contributed by atoms with van der Waals surface area (Å²) in [5, 5.41) is 0.879. The maximum Gasteiger partial charge on any atom is 0.286 e. The van der Waals surface area contributed by atoms with Gasteiger partial charge in [-0.3, -0.25) is 14.4 Å². The maximum absolute atomic E-state index is 13.1. The average molecular weight is 369 g/mol. The van der Waals surface area contributed by atoms with Crippen LogP contribution in [-0.2, 0) is 21.0 Å². The minimum atomic E-state index is -0.442. The summed E-state index contributed by atoms with van der Waals surface area (Å²) in [6.07, 6.45) is 0. The van der Waals surface area contributed by atoms with Gasteiger partial charge in [-0.1, -0.05) is 90.5 Å². The molecule has 1 aliphatic heterocycles. The van der Waals surface area contributed by atoms with Gasteiger partial charge >= 0.3 is 0 Å². The Hall–Kier alpha value is -3.50. The lowest BCUT2D eigenvalue weighted by Gasteiger charge is -2.15. The van der Waals surface area contributed by atoms with Crippen molar-refractivity contribution in [2.75, 3.05) is 0 Å². The molecule has 0 radical (unpaired) electrons. The van der Waals surface area contributed by atoms with E-state index in [9.17, 15) is 9.59 Å². The molecule has 0 aromatic heterocycles. The molecule has 2 amide bonds. The fraction of sp³-hybridized carbons (Fsp3) is 0.0833. The summed E-state index contributed by atoms with van der Waals surface area (Å²) in [6, 6.07) is 26.2. The van der Waals surface area contributed by atoms with E-state index in [0.29, 0.717) is 22.3 Å². The van der Waals surface area contributed by atoms with Crippen molar-refractivity contribution < 1.29 is 14.4 Å². The molecular formula is C24H19NO3. The molecule has 0 aliphatic carbocycles. The van der Waals surface area contributed by atoms with Gasteiger partial charge in [-0.25, -0.2) is 0 Å². The van der Waals surface area contributed by atoms with E-state index in [4.69, 9.17) is 4.84 Å². The number of hydrogen-bond donors (Lipinski definition) is 0. The van der Waals surface area contributed by atoms with Crippen molar-refractivity contribution in [2.45, 2.75) is 13.5 Å². The fourth-order valence-electron chi connectivity index (χ4n) is 3.20. The van der Waals surface area contributed by atoms with Crippen LogP contribution in [0, 0.1) is 6.92 Å². The van der Waals surface area contributed by atoms with E-state index in [-0.39, 0.29) is 6.61 Å². The first-order chi connectivity index (χ1) is 13.6. The van der Waals surface area contributed by atoms with Gasteiger partial charge in [0.05, 0.1) is 11.1 Å². The second-order valence-corrected chi connectivity index (χ2v) is 6.65. The van der Waals surface area contributed by atoms with Crippen molar-refractivity contribution in [1.82, 2.24) is 5.06 Å². The van der Waals surface area contributed by atoms with Gasteiger partial charge in [0.2, 0.25) is 0 Å². The largest absolute Gasteiger partial charge is 0.286 e. The Labute approximate surface area is 163 Å². The van der Waals surface area contributed by atoms with Crippen LogP contribution in [0.4, 0.5) is 0 Å². The molecule has 0 spiro atoms. The van der Waals surface area contributed by atoms with Crippen molar-refractivity contribution in [3.63, 3.8) is 0 Å². The van der Waals surface area contributed by atoms with E-state index in [2.05, 4.69) is 0 Å². The van der Waals surface area contributed by atoms with Crippen molar-refractivity contribution in [3.05, 3.63) is 107 Å². The standard InChI is InChI=1S/C24H19NO3/c1-17-12-14-18(15-13-17)16-28-25-23(26)21(19-8-4-2-5-9-19)22(24(25)27)20-10-6-3-7-11-20/h2-15H,16H2,1H3. The van der Waals surface area contributed by atoms with Gasteiger partial charge in [0.15, 0.2) is 0 Å². The van der Waals surface area contributed by atoms with E-state index in [1.807, 2.05) is 91.9 Å². The van der Waals surface area contributed by atoms with Crippen LogP contribution in [-0.4, -0.2) is 16.9 Å². The lowest BCUT2D eigenvalue weighted by atomic mass is 9.96. The Balaban J connectivity index is 1.68. The third-order valence-corrected chi connectivity index (χ3v) is 4.65. The molecule has 4 nitrogen and oxygen atoms in total. The first-order valence-electron chi connectivity index (χ1n) is 9.07. The van der Waals surface area contributed by atoms with Crippen LogP contribution in [0.15, 0.2) is 84.9 Å². The lowest BCUT2D eigenvalue weighted by molar-refractivity contribution is -0.188. The highest BCUT2D eigenvalue weighted by Crippen LogP contribution is 2.35. The molecular weight excluding hydrogens is 350 g/mol. The first kappa shape index (κ1) is 17.9. The van der Waals surface area contributed by atoms with E-state index in [0.717, 1.165) is 16.2 Å². The van der Waals surface area contributed by atoms with Gasteiger partial charge in [0.1, 0.15) is 6.61 Å². The number of hydroxylamine groups is 2. The van der Waals surface area contributed by atoms with Crippen LogP contribution < -0.4 is 0 Å². The summed E-state index contributed by atoms with van der Waals surface area (Å²) >= 11 is 0. The molecule has 0 saturated heterocycles. The van der Waals surface area contributed by atoms with Gasteiger partial charge in [-0.05, 0) is 23.6 Å². The third kappa shape index (κ3) is 3.38. The Bertz CT molecular complexity index is 977. The summed E-state index contributed by atoms with van der Waals surface area (Å²) < 4.78 is 0. The zero-order chi connectivity index (χ0) is 19.5. The Morgan fingerprint density at radius 1 is 0.679 bits per heavy atom. The van der Waals surface area contributed by atoms with Gasteiger partial charge in [-0.15, -0.1) is 5.06 Å². The highest BCUT2D eigenvalue weighted by atomic mass is 16.7. The highest BCUT2D eigenvalue weighted by molar-refractivity contribution is 6.48. The van der Waals surface area contributed by atoms with Crippen LogP contribution in [0.1, 0.15) is 22.3 Å². The second-order valence-electron chi connectivity index (χ2n) is 6.65. The van der Waals surface area contributed by atoms with E-state index in [1.165, 1.54) is 0 Å². The molecule has 28 heavy (non-hydrogen) atoms. The molecule has 3 aromatic rings. The summed E-state index contributed by atoms with van der Waals surface area (Å²) in [5.74, 6) is -0.885. The van der Waals surface area contributed by atoms with Crippen LogP contribution in [0.5, 0.6) is 0 Å². The minimum Gasteiger partial charge on any atom is -0.266 e. The molecule has 4 rings (SSSR count). The number of rotatable bonds is 5. The van der Waals surface area contributed by atoms with Crippen LogP contribution >= 0.6 is 0 Å². The van der Waals surface area contributed by atoms with Crippen molar-refractivity contribution in [3.8, 4) is 0 Å². The summed E-state index contributed by atoms with van der Waals surface area (Å²) in [7, 11) is 0. The normalized spacial score (nSPS) is 14.1. The number of amides is 2. The van der Waals surface area contributed by atoms with E-state index >= 15 is 0 Å². The second kappa shape index (κ2) is 7.62. The number of carbonyl (C=O) groups is 2. The molecule has 0 bridgehead atoms. The minimum absolute atomic E-state index is 0.141. The molecule has 138 valence electrons. The quantitative estimate of drug-likeness (QED) is 0.626. The first-order valence-corrected chi connectivity index (χ1v) is 9.07. The molecule has 1 heterocycles. The summed E-state index contributed by atoms with van der Waals surface area (Å²) in [6.45, 7) is 2.14. The molecule has 0 N–H and O–H groups in total. The molecule has 3 aromatic carbocycles. The van der Waals surface area contributed by atoms with Gasteiger partial charge in [0.25, 0.3) is 11.8 Å². The van der Waals surface area contributed by atoms with Crippen molar-refractivity contribution in [1.29, 1.82) is 0 Å². The third-order valence-electron chi connectivity index (χ3n) is 4.65. The molecule has 4 heteroatoms. The van der Waals surface area contributed by atoms with Gasteiger partial charge in [-0.2, -0.15) is 0 Å². The smallest absolute Gasteiger partial charge is 0.266 e. The zero-order valence-electron chi connectivity index (χ0n) is 15.5. The topological polar surface area (TPSA) is 46.6 Å². The van der Waals surface area contributed by atoms with Crippen LogP contribution in [0.25, 0.3) is 11.1 Å². The van der Waals surface area contributed by atoms with Crippen molar-refractivity contribution in [2.24, 2.45) is 0 Å². The molecule has 0 fully saturated rings. The highest BCUT2D eigenvalue weighted by Gasteiger charge is 2.40. The van der Waals surface area contributed by atoms with E-state index in [1.54, 1.807) is 0 Å². The van der Waals surface area contributed by atoms with Crippen LogP contribution in [0.2, 0.25) is 0 Å². The van der Waals surface area contributed by atoms with Crippen molar-refractivity contribution >= 4 is 23.0 Å². The fourth-order valence-corrected chi connectivity index (χ4v) is 3.20. The Kier molecular flexibility index (Phi) is 4.87. The summed E-state index contributed by atoms with van der Waals surface area (Å²) in [5.41, 5.74) is 4.14. The Morgan fingerprint density at radius 2 is 1.14 bits per heavy atom. The number of imide groups is 1. The molecule has 0 saturated carbocycles. The number of hydrogen-bond acceptors (Lipinski definition) is 3.